The third-order valence-electron chi connectivity index (χ3n) is 4.27. The van der Waals surface area contributed by atoms with Gasteiger partial charge in [-0.2, -0.15) is 5.26 Å². The maximum Gasteiger partial charge on any atom is 0.348 e. The van der Waals surface area contributed by atoms with Crippen molar-refractivity contribution in [1.82, 2.24) is 0 Å². The monoisotopic (exact) mass is 347 g/mol. The summed E-state index contributed by atoms with van der Waals surface area (Å²) in [5.41, 5.74) is -0.121. The zero-order valence-corrected chi connectivity index (χ0v) is 16.2. The molecule has 3 nitrogen and oxygen atoms in total. The van der Waals surface area contributed by atoms with Gasteiger partial charge in [-0.25, -0.2) is 4.79 Å². The van der Waals surface area contributed by atoms with Crippen LogP contribution in [0, 0.1) is 11.3 Å². The third-order valence-corrected chi connectivity index (χ3v) is 4.27. The molecule has 0 heterocycles. The van der Waals surface area contributed by atoms with E-state index >= 15 is 0 Å². The van der Waals surface area contributed by atoms with Crippen molar-refractivity contribution in [2.24, 2.45) is 0 Å². The normalized spacial score (nSPS) is 10.7. The molecule has 0 atom stereocenters. The summed E-state index contributed by atoms with van der Waals surface area (Å²) in [7, 11) is 0. The molecular weight excluding hydrogens is 310 g/mol. The molecule has 0 radical (unpaired) electrons. The SMILES string of the molecule is C=C(C#N)C(=O)OCCCCCCCC/C=C\CCCCCCCC. The Morgan fingerprint density at radius 1 is 0.880 bits per heavy atom. The van der Waals surface area contributed by atoms with E-state index in [0.29, 0.717) is 6.61 Å². The van der Waals surface area contributed by atoms with Gasteiger partial charge in [-0.15, -0.1) is 0 Å². The Morgan fingerprint density at radius 3 is 1.88 bits per heavy atom. The zero-order chi connectivity index (χ0) is 18.6. The molecule has 0 fully saturated rings. The van der Waals surface area contributed by atoms with Crippen molar-refractivity contribution in [3.8, 4) is 6.07 Å². The van der Waals surface area contributed by atoms with Crippen LogP contribution in [0.4, 0.5) is 0 Å². The summed E-state index contributed by atoms with van der Waals surface area (Å²) in [6.45, 7) is 5.98. The number of hydrogen-bond donors (Lipinski definition) is 0. The van der Waals surface area contributed by atoms with Crippen LogP contribution in [0.3, 0.4) is 0 Å². The van der Waals surface area contributed by atoms with Gasteiger partial charge < -0.3 is 4.74 Å². The molecule has 0 amide bonds. The van der Waals surface area contributed by atoms with Crippen molar-refractivity contribution >= 4 is 5.97 Å². The molecule has 0 aromatic rings. The van der Waals surface area contributed by atoms with Gasteiger partial charge >= 0.3 is 5.97 Å². The van der Waals surface area contributed by atoms with Crippen LogP contribution in [0.2, 0.25) is 0 Å². The average Bonchev–Trinajstić information content (AvgIpc) is 2.63. The number of unbranched alkanes of at least 4 members (excludes halogenated alkanes) is 12. The molecule has 0 spiro atoms. The van der Waals surface area contributed by atoms with Crippen LogP contribution in [0.15, 0.2) is 24.3 Å². The number of ether oxygens (including phenoxy) is 1. The first-order valence-electron chi connectivity index (χ1n) is 10.1. The average molecular weight is 348 g/mol. The van der Waals surface area contributed by atoms with E-state index in [1.165, 1.54) is 77.0 Å². The number of allylic oxidation sites excluding steroid dienone is 2. The molecule has 142 valence electrons. The molecule has 0 aliphatic heterocycles. The molecule has 0 bridgehead atoms. The zero-order valence-electron chi connectivity index (χ0n) is 16.2. The molecule has 0 saturated carbocycles. The van der Waals surface area contributed by atoms with E-state index in [1.807, 2.05) is 0 Å². The van der Waals surface area contributed by atoms with Crippen molar-refractivity contribution in [3.63, 3.8) is 0 Å². The van der Waals surface area contributed by atoms with Gasteiger partial charge in [0, 0.05) is 0 Å². The van der Waals surface area contributed by atoms with Gasteiger partial charge in [-0.05, 0) is 32.1 Å². The second kappa shape index (κ2) is 18.8. The number of nitrogens with zero attached hydrogens (tertiary/aromatic N) is 1. The topological polar surface area (TPSA) is 50.1 Å². The Labute approximate surface area is 155 Å². The lowest BCUT2D eigenvalue weighted by Gasteiger charge is -2.03. The summed E-state index contributed by atoms with van der Waals surface area (Å²) in [4.78, 5) is 11.2. The van der Waals surface area contributed by atoms with Gasteiger partial charge in [0.05, 0.1) is 6.61 Å². The summed E-state index contributed by atoms with van der Waals surface area (Å²) in [5.74, 6) is -0.588. The first kappa shape index (κ1) is 23.4. The number of hydrogen-bond acceptors (Lipinski definition) is 3. The fourth-order valence-electron chi connectivity index (χ4n) is 2.65. The van der Waals surface area contributed by atoms with E-state index in [2.05, 4.69) is 25.7 Å². The van der Waals surface area contributed by atoms with E-state index in [0.717, 1.165) is 12.8 Å². The lowest BCUT2D eigenvalue weighted by Crippen LogP contribution is -2.06. The fourth-order valence-corrected chi connectivity index (χ4v) is 2.65. The van der Waals surface area contributed by atoms with Crippen LogP contribution in [0.5, 0.6) is 0 Å². The number of esters is 1. The largest absolute Gasteiger partial charge is 0.462 e. The van der Waals surface area contributed by atoms with Crippen molar-refractivity contribution in [3.05, 3.63) is 24.3 Å². The Balaban J connectivity index is 3.21. The van der Waals surface area contributed by atoms with Crippen molar-refractivity contribution < 1.29 is 9.53 Å². The highest BCUT2D eigenvalue weighted by Crippen LogP contribution is 2.10. The summed E-state index contributed by atoms with van der Waals surface area (Å²) < 4.78 is 4.94. The Hall–Kier alpha value is -1.56. The minimum absolute atomic E-state index is 0.121. The van der Waals surface area contributed by atoms with Gasteiger partial charge in [0.25, 0.3) is 0 Å². The maximum atomic E-state index is 11.2. The molecular formula is C22H37NO2. The van der Waals surface area contributed by atoms with Gasteiger partial charge in [-0.1, -0.05) is 83.4 Å². The van der Waals surface area contributed by atoms with Crippen LogP contribution < -0.4 is 0 Å². The predicted octanol–water partition coefficient (Wildman–Crippen LogP) is 6.65. The van der Waals surface area contributed by atoms with Crippen molar-refractivity contribution in [1.29, 1.82) is 5.26 Å². The fraction of sp³-hybridized carbons (Fsp3) is 0.727. The quantitative estimate of drug-likeness (QED) is 0.0973. The first-order chi connectivity index (χ1) is 12.2. The molecule has 3 heteroatoms. The predicted molar refractivity (Wildman–Crippen MR) is 105 cm³/mol. The second-order valence-electron chi connectivity index (χ2n) is 6.66. The number of carbonyl (C=O) groups excluding carboxylic acids is 1. The lowest BCUT2D eigenvalue weighted by atomic mass is 10.1. The Kier molecular flexibility index (Phi) is 17.6. The van der Waals surface area contributed by atoms with Crippen molar-refractivity contribution in [2.45, 2.75) is 96.8 Å². The van der Waals surface area contributed by atoms with Gasteiger partial charge in [0.1, 0.15) is 11.6 Å². The summed E-state index contributed by atoms with van der Waals surface area (Å²) in [5, 5.41) is 8.49. The van der Waals surface area contributed by atoms with Crippen LogP contribution >= 0.6 is 0 Å². The number of carbonyl (C=O) groups is 1. The molecule has 0 unspecified atom stereocenters. The maximum absolute atomic E-state index is 11.2. The molecule has 0 aliphatic carbocycles. The van der Waals surface area contributed by atoms with E-state index in [1.54, 1.807) is 6.07 Å². The van der Waals surface area contributed by atoms with Gasteiger partial charge in [-0.3, -0.25) is 0 Å². The van der Waals surface area contributed by atoms with Crippen molar-refractivity contribution in [2.75, 3.05) is 6.61 Å². The van der Waals surface area contributed by atoms with E-state index < -0.39 is 5.97 Å². The molecule has 0 N–H and O–H groups in total. The molecule has 0 aliphatic rings. The van der Waals surface area contributed by atoms with Crippen LogP contribution in [-0.2, 0) is 9.53 Å². The number of rotatable bonds is 17. The smallest absolute Gasteiger partial charge is 0.348 e. The highest BCUT2D eigenvalue weighted by atomic mass is 16.5. The van der Waals surface area contributed by atoms with Crippen LogP contribution in [-0.4, -0.2) is 12.6 Å². The van der Waals surface area contributed by atoms with E-state index in [4.69, 9.17) is 10.00 Å². The molecule has 0 saturated heterocycles. The summed E-state index contributed by atoms with van der Waals surface area (Å²) >= 11 is 0. The molecule has 0 rings (SSSR count). The first-order valence-corrected chi connectivity index (χ1v) is 10.1. The minimum Gasteiger partial charge on any atom is -0.462 e. The Bertz CT molecular complexity index is 407. The van der Waals surface area contributed by atoms with E-state index in [-0.39, 0.29) is 5.57 Å². The molecule has 0 aromatic carbocycles. The standard InChI is InChI=1S/C22H37NO2/c1-3-4-5-6-7-8-9-10-11-12-13-14-15-16-17-18-19-25-22(24)21(2)20-23/h10-11H,2-9,12-19H2,1H3/b11-10-. The third kappa shape index (κ3) is 17.1. The molecule has 0 aromatic heterocycles. The molecule has 25 heavy (non-hydrogen) atoms. The number of nitriles is 1. The van der Waals surface area contributed by atoms with Gasteiger partial charge in [0.15, 0.2) is 0 Å². The van der Waals surface area contributed by atoms with Crippen LogP contribution in [0.25, 0.3) is 0 Å². The second-order valence-corrected chi connectivity index (χ2v) is 6.66. The minimum atomic E-state index is -0.588. The summed E-state index contributed by atoms with van der Waals surface area (Å²) in [6.07, 6.45) is 22.2. The van der Waals surface area contributed by atoms with E-state index in [9.17, 15) is 4.79 Å². The Morgan fingerprint density at radius 2 is 1.36 bits per heavy atom. The highest BCUT2D eigenvalue weighted by molar-refractivity contribution is 5.91. The van der Waals surface area contributed by atoms with Crippen LogP contribution in [0.1, 0.15) is 96.8 Å². The highest BCUT2D eigenvalue weighted by Gasteiger charge is 2.06. The summed E-state index contributed by atoms with van der Waals surface area (Å²) in [6, 6.07) is 1.70. The van der Waals surface area contributed by atoms with Gasteiger partial charge in [0.2, 0.25) is 0 Å². The lowest BCUT2D eigenvalue weighted by molar-refractivity contribution is -0.138.